The van der Waals surface area contributed by atoms with Gasteiger partial charge < -0.3 is 0 Å². The van der Waals surface area contributed by atoms with Crippen LogP contribution in [-0.2, 0) is 16.4 Å². The Bertz CT molecular complexity index is 687. The van der Waals surface area contributed by atoms with Gasteiger partial charge in [-0.15, -0.1) is 11.6 Å². The van der Waals surface area contributed by atoms with Crippen LogP contribution in [0.4, 0.5) is 5.69 Å². The van der Waals surface area contributed by atoms with Gasteiger partial charge in [-0.3, -0.25) is 4.72 Å². The molecule has 0 aromatic heterocycles. The Morgan fingerprint density at radius 1 is 1.10 bits per heavy atom. The summed E-state index contributed by atoms with van der Waals surface area (Å²) >= 11 is 8.96. The van der Waals surface area contributed by atoms with Crippen LogP contribution >= 0.6 is 27.5 Å². The maximum Gasteiger partial charge on any atom is 0.261 e. The first-order valence-corrected chi connectivity index (χ1v) is 8.75. The van der Waals surface area contributed by atoms with Crippen molar-refractivity contribution in [1.29, 1.82) is 0 Å². The Morgan fingerprint density at radius 3 is 2.40 bits per heavy atom. The van der Waals surface area contributed by atoms with E-state index in [0.29, 0.717) is 11.6 Å². The Kier molecular flexibility index (Phi) is 5.07. The zero-order valence-corrected chi connectivity index (χ0v) is 13.7. The summed E-state index contributed by atoms with van der Waals surface area (Å²) < 4.78 is 27.8. The van der Waals surface area contributed by atoms with Crippen LogP contribution in [0.5, 0.6) is 0 Å². The highest BCUT2D eigenvalue weighted by Crippen LogP contribution is 2.20. The summed E-state index contributed by atoms with van der Waals surface area (Å²) in [6.07, 6.45) is 0.723. The van der Waals surface area contributed by atoms with Crippen LogP contribution in [-0.4, -0.2) is 14.3 Å². The van der Waals surface area contributed by atoms with Gasteiger partial charge >= 0.3 is 0 Å². The Labute approximate surface area is 132 Å². The number of nitrogens with one attached hydrogen (secondary N) is 1. The lowest BCUT2D eigenvalue weighted by molar-refractivity contribution is 0.601. The number of anilines is 1. The predicted molar refractivity (Wildman–Crippen MR) is 85.8 cm³/mol. The number of hydrogen-bond donors (Lipinski definition) is 1. The van der Waals surface area contributed by atoms with Gasteiger partial charge in [-0.2, -0.15) is 0 Å². The third-order valence-electron chi connectivity index (χ3n) is 2.69. The largest absolute Gasteiger partial charge is 0.280 e. The van der Waals surface area contributed by atoms with E-state index in [1.54, 1.807) is 42.5 Å². The van der Waals surface area contributed by atoms with Crippen LogP contribution in [0, 0.1) is 0 Å². The van der Waals surface area contributed by atoms with Crippen LogP contribution in [0.2, 0.25) is 0 Å². The molecule has 0 fully saturated rings. The summed E-state index contributed by atoms with van der Waals surface area (Å²) in [7, 11) is -3.57. The van der Waals surface area contributed by atoms with E-state index in [0.717, 1.165) is 16.5 Å². The molecule has 20 heavy (non-hydrogen) atoms. The molecular weight excluding hydrogens is 362 g/mol. The molecule has 0 spiro atoms. The fourth-order valence-corrected chi connectivity index (χ4v) is 3.38. The maximum absolute atomic E-state index is 12.2. The summed E-state index contributed by atoms with van der Waals surface area (Å²) in [6, 6.07) is 13.7. The molecule has 0 unspecified atom stereocenters. The van der Waals surface area contributed by atoms with Gasteiger partial charge in [0.05, 0.1) is 4.90 Å². The zero-order valence-electron chi connectivity index (χ0n) is 10.5. The molecule has 0 aliphatic carbocycles. The van der Waals surface area contributed by atoms with E-state index >= 15 is 0 Å². The van der Waals surface area contributed by atoms with Gasteiger partial charge in [0.2, 0.25) is 0 Å². The van der Waals surface area contributed by atoms with E-state index < -0.39 is 10.0 Å². The fraction of sp³-hybridized carbons (Fsp3) is 0.143. The van der Waals surface area contributed by atoms with Crippen molar-refractivity contribution in [3.8, 4) is 0 Å². The normalized spacial score (nSPS) is 11.3. The highest BCUT2D eigenvalue weighted by atomic mass is 79.9. The highest BCUT2D eigenvalue weighted by molar-refractivity contribution is 9.10. The number of benzene rings is 2. The number of sulfonamides is 1. The van der Waals surface area contributed by atoms with E-state index in [4.69, 9.17) is 11.6 Å². The van der Waals surface area contributed by atoms with Gasteiger partial charge in [-0.25, -0.2) is 8.42 Å². The molecule has 2 rings (SSSR count). The Morgan fingerprint density at radius 2 is 1.80 bits per heavy atom. The minimum atomic E-state index is -3.57. The fourth-order valence-electron chi connectivity index (χ4n) is 1.71. The number of halogens is 2. The molecule has 0 atom stereocenters. The summed E-state index contributed by atoms with van der Waals surface area (Å²) in [5.74, 6) is 0.516. The maximum atomic E-state index is 12.2. The molecule has 2 aromatic rings. The minimum absolute atomic E-state index is 0.232. The standard InChI is InChI=1S/C14H13BrClNO2S/c15-12-2-1-3-13(10-12)17-20(18,19)14-6-4-11(5-7-14)8-9-16/h1-7,10,17H,8-9H2. The second-order valence-electron chi connectivity index (χ2n) is 4.20. The van der Waals surface area contributed by atoms with E-state index in [1.807, 2.05) is 6.07 Å². The first-order valence-electron chi connectivity index (χ1n) is 5.94. The quantitative estimate of drug-likeness (QED) is 0.803. The molecule has 0 heterocycles. The molecule has 0 saturated heterocycles. The molecule has 1 N–H and O–H groups in total. The number of hydrogen-bond acceptors (Lipinski definition) is 2. The van der Waals surface area contributed by atoms with Crippen molar-refractivity contribution >= 4 is 43.2 Å². The molecule has 0 amide bonds. The summed E-state index contributed by atoms with van der Waals surface area (Å²) in [6.45, 7) is 0. The van der Waals surface area contributed by atoms with Crippen molar-refractivity contribution in [2.45, 2.75) is 11.3 Å². The molecular formula is C14H13BrClNO2S. The van der Waals surface area contributed by atoms with Crippen molar-refractivity contribution in [3.63, 3.8) is 0 Å². The SMILES string of the molecule is O=S(=O)(Nc1cccc(Br)c1)c1ccc(CCCl)cc1. The summed E-state index contributed by atoms with van der Waals surface area (Å²) in [5, 5.41) is 0. The van der Waals surface area contributed by atoms with E-state index in [9.17, 15) is 8.42 Å². The molecule has 0 radical (unpaired) electrons. The monoisotopic (exact) mass is 373 g/mol. The van der Waals surface area contributed by atoms with Crippen LogP contribution < -0.4 is 4.72 Å². The van der Waals surface area contributed by atoms with Crippen LogP contribution in [0.25, 0.3) is 0 Å². The van der Waals surface area contributed by atoms with Crippen LogP contribution in [0.15, 0.2) is 57.9 Å². The number of alkyl halides is 1. The second-order valence-corrected chi connectivity index (χ2v) is 7.17. The molecule has 0 aliphatic heterocycles. The minimum Gasteiger partial charge on any atom is -0.280 e. The molecule has 6 heteroatoms. The van der Waals surface area contributed by atoms with Crippen LogP contribution in [0.3, 0.4) is 0 Å². The van der Waals surface area contributed by atoms with Gasteiger partial charge in [-0.05, 0) is 42.3 Å². The van der Waals surface area contributed by atoms with E-state index in [2.05, 4.69) is 20.7 Å². The van der Waals surface area contributed by atoms with Crippen LogP contribution in [0.1, 0.15) is 5.56 Å². The molecule has 0 saturated carbocycles. The Hall–Kier alpha value is -1.04. The van der Waals surface area contributed by atoms with E-state index in [1.165, 1.54) is 0 Å². The lowest BCUT2D eigenvalue weighted by Crippen LogP contribution is -2.12. The van der Waals surface area contributed by atoms with Crippen molar-refractivity contribution in [1.82, 2.24) is 0 Å². The first kappa shape index (κ1) is 15.4. The lowest BCUT2D eigenvalue weighted by atomic mass is 10.2. The average molecular weight is 375 g/mol. The number of rotatable bonds is 5. The predicted octanol–water partition coefficient (Wildman–Crippen LogP) is 4.03. The smallest absolute Gasteiger partial charge is 0.261 e. The van der Waals surface area contributed by atoms with Crippen molar-refractivity contribution in [2.24, 2.45) is 0 Å². The number of aryl methyl sites for hydroxylation is 1. The van der Waals surface area contributed by atoms with Gasteiger partial charge in [-0.1, -0.05) is 34.1 Å². The van der Waals surface area contributed by atoms with Crippen molar-refractivity contribution in [3.05, 3.63) is 58.6 Å². The van der Waals surface area contributed by atoms with Crippen molar-refractivity contribution < 1.29 is 8.42 Å². The average Bonchev–Trinajstić information content (AvgIpc) is 2.39. The molecule has 106 valence electrons. The van der Waals surface area contributed by atoms with Gasteiger partial charge in [0.15, 0.2) is 0 Å². The third-order valence-corrected chi connectivity index (χ3v) is 4.77. The molecule has 0 aliphatic rings. The van der Waals surface area contributed by atoms with Gasteiger partial charge in [0, 0.05) is 16.0 Å². The highest BCUT2D eigenvalue weighted by Gasteiger charge is 2.13. The van der Waals surface area contributed by atoms with E-state index in [-0.39, 0.29) is 4.90 Å². The van der Waals surface area contributed by atoms with Gasteiger partial charge in [0.25, 0.3) is 10.0 Å². The lowest BCUT2D eigenvalue weighted by Gasteiger charge is -2.09. The topological polar surface area (TPSA) is 46.2 Å². The first-order chi connectivity index (χ1) is 9.51. The molecule has 3 nitrogen and oxygen atoms in total. The molecule has 2 aromatic carbocycles. The summed E-state index contributed by atoms with van der Waals surface area (Å²) in [5.41, 5.74) is 1.53. The zero-order chi connectivity index (χ0) is 14.6. The van der Waals surface area contributed by atoms with Gasteiger partial charge in [0.1, 0.15) is 0 Å². The second kappa shape index (κ2) is 6.61. The van der Waals surface area contributed by atoms with Crippen molar-refractivity contribution in [2.75, 3.05) is 10.6 Å². The Balaban J connectivity index is 2.21. The third kappa shape index (κ3) is 3.98. The summed E-state index contributed by atoms with van der Waals surface area (Å²) in [4.78, 5) is 0.232. The molecule has 0 bridgehead atoms.